The van der Waals surface area contributed by atoms with Gasteiger partial charge in [-0.15, -0.1) is 0 Å². The Hall–Kier alpha value is -1.35. The first-order chi connectivity index (χ1) is 9.54. The summed E-state index contributed by atoms with van der Waals surface area (Å²) in [7, 11) is 1.67. The Morgan fingerprint density at radius 3 is 2.65 bits per heavy atom. The minimum absolute atomic E-state index is 0.208. The number of ether oxygens (including phenoxy) is 1. The van der Waals surface area contributed by atoms with Crippen molar-refractivity contribution in [2.45, 2.75) is 40.0 Å². The molecule has 1 fully saturated rings. The quantitative estimate of drug-likeness (QED) is 0.838. The zero-order chi connectivity index (χ0) is 14.8. The maximum atomic E-state index is 13.1. The number of methoxy groups -OCH3 is 1. The van der Waals surface area contributed by atoms with Gasteiger partial charge in [0.25, 0.3) is 0 Å². The van der Waals surface area contributed by atoms with E-state index in [2.05, 4.69) is 12.2 Å². The lowest BCUT2D eigenvalue weighted by Gasteiger charge is -2.27. The fraction of sp³-hybridized carbons (Fsp3) is 0.588. The zero-order valence-electron chi connectivity index (χ0n) is 13.0. The molecule has 3 heteroatoms. The monoisotopic (exact) mass is 275 g/mol. The summed E-state index contributed by atoms with van der Waals surface area (Å²) in [6.45, 7) is 7.90. The molecule has 1 aliphatic rings. The molecule has 0 amide bonds. The number of carbonyl (C=O) groups is 1. The lowest BCUT2D eigenvalue weighted by atomic mass is 9.75. The average molecular weight is 275 g/mol. The Bertz CT molecular complexity index is 502. The van der Waals surface area contributed by atoms with Crippen LogP contribution in [0.5, 0.6) is 5.75 Å². The number of rotatable bonds is 5. The van der Waals surface area contributed by atoms with E-state index in [4.69, 9.17) is 4.74 Å². The predicted molar refractivity (Wildman–Crippen MR) is 81.6 cm³/mol. The minimum Gasteiger partial charge on any atom is -0.496 e. The van der Waals surface area contributed by atoms with E-state index in [1.54, 1.807) is 7.11 Å². The number of aryl methyl sites for hydroxylation is 2. The number of ketones is 1. The van der Waals surface area contributed by atoms with Gasteiger partial charge in [0.15, 0.2) is 5.78 Å². The third-order valence-corrected chi connectivity index (χ3v) is 4.44. The molecular formula is C17H25NO2. The summed E-state index contributed by atoms with van der Waals surface area (Å²) >= 11 is 0. The molecular weight excluding hydrogens is 250 g/mol. The normalized spacial score (nSPS) is 22.0. The van der Waals surface area contributed by atoms with Crippen LogP contribution in [-0.4, -0.2) is 26.0 Å². The van der Waals surface area contributed by atoms with Gasteiger partial charge in [-0.05, 0) is 56.5 Å². The van der Waals surface area contributed by atoms with Crippen LogP contribution < -0.4 is 10.1 Å². The van der Waals surface area contributed by atoms with E-state index < -0.39 is 0 Å². The third kappa shape index (κ3) is 2.59. The molecule has 0 aromatic heterocycles. The smallest absolute Gasteiger partial charge is 0.170 e. The Morgan fingerprint density at radius 1 is 1.35 bits per heavy atom. The fourth-order valence-electron chi connectivity index (χ4n) is 3.28. The topological polar surface area (TPSA) is 38.3 Å². The van der Waals surface area contributed by atoms with Gasteiger partial charge in [-0.2, -0.15) is 0 Å². The zero-order valence-corrected chi connectivity index (χ0v) is 13.0. The SMILES string of the molecule is CCCC1(C(=O)c2cc(C)c(OC)cc2C)CCNC1. The molecule has 3 nitrogen and oxygen atoms in total. The number of hydrogen-bond donors (Lipinski definition) is 1. The van der Waals surface area contributed by atoms with E-state index in [1.165, 1.54) is 0 Å². The van der Waals surface area contributed by atoms with E-state index in [1.807, 2.05) is 26.0 Å². The Kier molecular flexibility index (Phi) is 4.48. The molecule has 2 rings (SSSR count). The van der Waals surface area contributed by atoms with E-state index in [0.717, 1.165) is 54.8 Å². The number of nitrogens with one attached hydrogen (secondary N) is 1. The van der Waals surface area contributed by atoms with Crippen molar-refractivity contribution < 1.29 is 9.53 Å². The third-order valence-electron chi connectivity index (χ3n) is 4.44. The second kappa shape index (κ2) is 5.96. The Morgan fingerprint density at radius 2 is 2.10 bits per heavy atom. The highest BCUT2D eigenvalue weighted by molar-refractivity contribution is 6.02. The van der Waals surface area contributed by atoms with E-state index in [0.29, 0.717) is 5.78 Å². The molecule has 0 spiro atoms. The van der Waals surface area contributed by atoms with Crippen molar-refractivity contribution >= 4 is 5.78 Å². The largest absolute Gasteiger partial charge is 0.496 e. The first-order valence-corrected chi connectivity index (χ1v) is 7.45. The highest BCUT2D eigenvalue weighted by Gasteiger charge is 2.41. The second-order valence-electron chi connectivity index (χ2n) is 5.92. The van der Waals surface area contributed by atoms with E-state index in [-0.39, 0.29) is 5.41 Å². The van der Waals surface area contributed by atoms with Crippen LogP contribution in [0.4, 0.5) is 0 Å². The second-order valence-corrected chi connectivity index (χ2v) is 5.92. The predicted octanol–water partition coefficient (Wildman–Crippen LogP) is 3.27. The van der Waals surface area contributed by atoms with Crippen molar-refractivity contribution in [3.63, 3.8) is 0 Å². The summed E-state index contributed by atoms with van der Waals surface area (Å²) in [5.41, 5.74) is 2.69. The van der Waals surface area contributed by atoms with Crippen molar-refractivity contribution in [3.05, 3.63) is 28.8 Å². The van der Waals surface area contributed by atoms with Crippen LogP contribution in [-0.2, 0) is 0 Å². The van der Waals surface area contributed by atoms with Crippen molar-refractivity contribution in [2.75, 3.05) is 20.2 Å². The van der Waals surface area contributed by atoms with Gasteiger partial charge in [0, 0.05) is 17.5 Å². The van der Waals surface area contributed by atoms with Crippen molar-refractivity contribution in [3.8, 4) is 5.75 Å². The minimum atomic E-state index is -0.208. The summed E-state index contributed by atoms with van der Waals surface area (Å²) < 4.78 is 5.34. The highest BCUT2D eigenvalue weighted by atomic mass is 16.5. The van der Waals surface area contributed by atoms with Gasteiger partial charge in [-0.1, -0.05) is 13.3 Å². The maximum absolute atomic E-state index is 13.1. The van der Waals surface area contributed by atoms with Gasteiger partial charge in [0.2, 0.25) is 0 Å². The van der Waals surface area contributed by atoms with Gasteiger partial charge < -0.3 is 10.1 Å². The molecule has 1 atom stereocenters. The summed E-state index contributed by atoms with van der Waals surface area (Å²) in [6.07, 6.45) is 2.95. The molecule has 1 aromatic rings. The molecule has 1 unspecified atom stereocenters. The van der Waals surface area contributed by atoms with Crippen LogP contribution in [0, 0.1) is 19.3 Å². The van der Waals surface area contributed by atoms with Crippen LogP contribution in [0.25, 0.3) is 0 Å². The van der Waals surface area contributed by atoms with Crippen molar-refractivity contribution in [1.29, 1.82) is 0 Å². The van der Waals surface area contributed by atoms with Gasteiger partial charge in [-0.3, -0.25) is 4.79 Å². The molecule has 20 heavy (non-hydrogen) atoms. The number of Topliss-reactive ketones (excluding diaryl/α,β-unsaturated/α-hetero) is 1. The lowest BCUT2D eigenvalue weighted by molar-refractivity contribution is 0.0801. The molecule has 0 radical (unpaired) electrons. The molecule has 1 heterocycles. The number of hydrogen-bond acceptors (Lipinski definition) is 3. The van der Waals surface area contributed by atoms with Gasteiger partial charge in [0.1, 0.15) is 5.75 Å². The lowest BCUT2D eigenvalue weighted by Crippen LogP contribution is -2.34. The Balaban J connectivity index is 2.39. The summed E-state index contributed by atoms with van der Waals surface area (Å²) in [5, 5.41) is 3.36. The molecule has 1 aromatic carbocycles. The molecule has 110 valence electrons. The molecule has 1 aliphatic heterocycles. The van der Waals surface area contributed by atoms with Crippen molar-refractivity contribution in [2.24, 2.45) is 5.41 Å². The standard InChI is InChI=1S/C17H25NO2/c1-5-6-17(7-8-18-11-17)16(19)14-9-13(3)15(20-4)10-12(14)2/h9-10,18H,5-8,11H2,1-4H3. The van der Waals surface area contributed by atoms with E-state index >= 15 is 0 Å². The van der Waals surface area contributed by atoms with Gasteiger partial charge >= 0.3 is 0 Å². The number of carbonyl (C=O) groups excluding carboxylic acids is 1. The van der Waals surface area contributed by atoms with Crippen LogP contribution in [0.3, 0.4) is 0 Å². The van der Waals surface area contributed by atoms with Crippen LogP contribution in [0.1, 0.15) is 47.7 Å². The van der Waals surface area contributed by atoms with E-state index in [9.17, 15) is 4.79 Å². The molecule has 0 aliphatic carbocycles. The fourth-order valence-corrected chi connectivity index (χ4v) is 3.28. The first-order valence-electron chi connectivity index (χ1n) is 7.45. The molecule has 0 bridgehead atoms. The highest BCUT2D eigenvalue weighted by Crippen LogP contribution is 2.36. The van der Waals surface area contributed by atoms with Gasteiger partial charge in [0.05, 0.1) is 7.11 Å². The van der Waals surface area contributed by atoms with Crippen LogP contribution in [0.2, 0.25) is 0 Å². The summed E-state index contributed by atoms with van der Waals surface area (Å²) in [5.74, 6) is 1.15. The summed E-state index contributed by atoms with van der Waals surface area (Å²) in [4.78, 5) is 13.1. The van der Waals surface area contributed by atoms with Crippen LogP contribution >= 0.6 is 0 Å². The molecule has 1 saturated heterocycles. The first kappa shape index (κ1) is 15.0. The van der Waals surface area contributed by atoms with Crippen molar-refractivity contribution in [1.82, 2.24) is 5.32 Å². The average Bonchev–Trinajstić information content (AvgIpc) is 2.90. The van der Waals surface area contributed by atoms with Gasteiger partial charge in [-0.25, -0.2) is 0 Å². The Labute approximate surface area is 121 Å². The molecule has 0 saturated carbocycles. The number of benzene rings is 1. The maximum Gasteiger partial charge on any atom is 0.170 e. The van der Waals surface area contributed by atoms with Crippen LogP contribution in [0.15, 0.2) is 12.1 Å². The summed E-state index contributed by atoms with van der Waals surface area (Å²) in [6, 6.07) is 3.97. The molecule has 1 N–H and O–H groups in total.